The highest BCUT2D eigenvalue weighted by molar-refractivity contribution is 8.03. The van der Waals surface area contributed by atoms with Gasteiger partial charge in [-0.05, 0) is 51.1 Å². The molecular weight excluding hydrogens is 386 g/mol. The van der Waals surface area contributed by atoms with Crippen molar-refractivity contribution >= 4 is 17.5 Å². The van der Waals surface area contributed by atoms with Crippen LogP contribution in [0, 0.1) is 11.3 Å². The molecule has 0 saturated heterocycles. The third-order valence-electron chi connectivity index (χ3n) is 4.85. The molecule has 1 atom stereocenters. The molecule has 1 unspecified atom stereocenters. The summed E-state index contributed by atoms with van der Waals surface area (Å²) in [6.07, 6.45) is 0.380. The third-order valence-corrected chi connectivity index (χ3v) is 5.98. The quantitative estimate of drug-likeness (QED) is 0.533. The lowest BCUT2D eigenvalue weighted by atomic mass is 9.97. The minimum absolute atomic E-state index is 0.480. The molecule has 0 aromatic heterocycles. The maximum absolute atomic E-state index is 10.4. The summed E-state index contributed by atoms with van der Waals surface area (Å²) in [7, 11) is 0. The fourth-order valence-electron chi connectivity index (χ4n) is 3.37. The van der Waals surface area contributed by atoms with Gasteiger partial charge in [0.05, 0.1) is 25.0 Å². The second kappa shape index (κ2) is 12.0. The van der Waals surface area contributed by atoms with E-state index in [1.165, 1.54) is 11.8 Å². The van der Waals surface area contributed by atoms with E-state index in [1.54, 1.807) is 0 Å². The lowest BCUT2D eigenvalue weighted by molar-refractivity contribution is 0.137. The van der Waals surface area contributed by atoms with E-state index in [-0.39, 0.29) is 0 Å². The van der Waals surface area contributed by atoms with Crippen LogP contribution < -0.4 is 14.8 Å². The van der Waals surface area contributed by atoms with E-state index < -0.39 is 6.10 Å². The standard InChI is InChI=1S/C22H33N3O3S/c1-5-25(6-2)14-17(26)15-29-21(13-23)22-18-12-20(28-8-4)19(27-7-3)11-16(18)9-10-24-22/h11-12,17,24,26H,5-10,14-15H2,1-4H3/b22-21-. The molecule has 1 heterocycles. The van der Waals surface area contributed by atoms with Crippen molar-refractivity contribution in [2.75, 3.05) is 45.1 Å². The molecule has 1 aliphatic heterocycles. The second-order valence-electron chi connectivity index (χ2n) is 6.77. The average molecular weight is 420 g/mol. The van der Waals surface area contributed by atoms with Gasteiger partial charge in [-0.3, -0.25) is 0 Å². The molecule has 2 rings (SSSR count). The molecule has 6 nitrogen and oxygen atoms in total. The number of aliphatic hydroxyl groups is 1. The number of nitriles is 1. The summed E-state index contributed by atoms with van der Waals surface area (Å²) in [5, 5.41) is 23.5. The van der Waals surface area contributed by atoms with Gasteiger partial charge < -0.3 is 24.8 Å². The van der Waals surface area contributed by atoms with Crippen molar-refractivity contribution in [2.24, 2.45) is 0 Å². The monoisotopic (exact) mass is 419 g/mol. The van der Waals surface area contributed by atoms with E-state index in [0.29, 0.717) is 36.2 Å². The van der Waals surface area contributed by atoms with E-state index in [0.717, 1.165) is 48.6 Å². The highest BCUT2D eigenvalue weighted by Gasteiger charge is 2.22. The number of benzene rings is 1. The van der Waals surface area contributed by atoms with Gasteiger partial charge in [-0.2, -0.15) is 5.26 Å². The zero-order valence-corrected chi connectivity index (χ0v) is 18.8. The summed E-state index contributed by atoms with van der Waals surface area (Å²) in [5.41, 5.74) is 2.94. The molecule has 0 bridgehead atoms. The first-order chi connectivity index (χ1) is 14.1. The van der Waals surface area contributed by atoms with Crippen LogP contribution in [0.15, 0.2) is 17.0 Å². The SMILES string of the molecule is CCOc1cc2c(cc1OCC)/C(=C(\C#N)SCC(O)CN(CC)CC)NCC2. The lowest BCUT2D eigenvalue weighted by Crippen LogP contribution is -2.33. The molecular formula is C22H33N3O3S. The van der Waals surface area contributed by atoms with Gasteiger partial charge in [-0.15, -0.1) is 11.8 Å². The van der Waals surface area contributed by atoms with E-state index >= 15 is 0 Å². The number of aliphatic hydroxyl groups excluding tert-OH is 1. The summed E-state index contributed by atoms with van der Waals surface area (Å²) >= 11 is 1.40. The third kappa shape index (κ3) is 6.30. The fraction of sp³-hybridized carbons (Fsp3) is 0.591. The van der Waals surface area contributed by atoms with Gasteiger partial charge in [0.15, 0.2) is 11.5 Å². The van der Waals surface area contributed by atoms with Gasteiger partial charge in [0.2, 0.25) is 0 Å². The van der Waals surface area contributed by atoms with Gasteiger partial charge >= 0.3 is 0 Å². The van der Waals surface area contributed by atoms with Crippen LogP contribution in [0.3, 0.4) is 0 Å². The number of hydrogen-bond donors (Lipinski definition) is 2. The van der Waals surface area contributed by atoms with Gasteiger partial charge in [0.25, 0.3) is 0 Å². The molecule has 1 aromatic rings. The Morgan fingerprint density at radius 1 is 1.21 bits per heavy atom. The number of hydrogen-bond acceptors (Lipinski definition) is 7. The zero-order chi connectivity index (χ0) is 21.2. The Kier molecular flexibility index (Phi) is 9.65. The number of thioether (sulfide) groups is 1. The van der Waals surface area contributed by atoms with Crippen LogP contribution in [0.1, 0.15) is 38.8 Å². The first-order valence-electron chi connectivity index (χ1n) is 10.4. The highest BCUT2D eigenvalue weighted by atomic mass is 32.2. The summed E-state index contributed by atoms with van der Waals surface area (Å²) in [6.45, 7) is 12.4. The number of nitrogens with zero attached hydrogens (tertiary/aromatic N) is 2. The van der Waals surface area contributed by atoms with Crippen LogP contribution >= 0.6 is 11.8 Å². The molecule has 1 aromatic carbocycles. The van der Waals surface area contributed by atoms with Crippen LogP contribution in [0.4, 0.5) is 0 Å². The van der Waals surface area contributed by atoms with Crippen LogP contribution in [0.25, 0.3) is 5.70 Å². The Labute approximate surface area is 178 Å². The molecule has 0 radical (unpaired) electrons. The Bertz CT molecular complexity index is 742. The van der Waals surface area contributed by atoms with Crippen molar-refractivity contribution in [3.05, 3.63) is 28.2 Å². The van der Waals surface area contributed by atoms with Gasteiger partial charge in [0, 0.05) is 24.4 Å². The number of nitrogens with one attached hydrogen (secondary N) is 1. The normalized spacial score (nSPS) is 15.9. The molecule has 1 aliphatic rings. The fourth-order valence-corrected chi connectivity index (χ4v) is 4.23. The minimum atomic E-state index is -0.480. The molecule has 0 spiro atoms. The maximum Gasteiger partial charge on any atom is 0.161 e. The molecule has 7 heteroatoms. The Balaban J connectivity index is 2.27. The first kappa shape index (κ1) is 23.4. The molecule has 29 heavy (non-hydrogen) atoms. The molecule has 160 valence electrons. The van der Waals surface area contributed by atoms with Crippen molar-refractivity contribution in [3.8, 4) is 17.6 Å². The van der Waals surface area contributed by atoms with E-state index in [2.05, 4.69) is 30.1 Å². The molecule has 0 saturated carbocycles. The predicted octanol–water partition coefficient (Wildman–Crippen LogP) is 3.26. The van der Waals surface area contributed by atoms with Crippen LogP contribution in [0.2, 0.25) is 0 Å². The average Bonchev–Trinajstić information content (AvgIpc) is 2.73. The topological polar surface area (TPSA) is 77.8 Å². The van der Waals surface area contributed by atoms with Crippen molar-refractivity contribution in [3.63, 3.8) is 0 Å². The number of ether oxygens (including phenoxy) is 2. The zero-order valence-electron chi connectivity index (χ0n) is 18.0. The Hall–Kier alpha value is -1.88. The number of allylic oxidation sites excluding steroid dienone is 1. The largest absolute Gasteiger partial charge is 0.490 e. The first-order valence-corrected chi connectivity index (χ1v) is 11.4. The lowest BCUT2D eigenvalue weighted by Gasteiger charge is -2.25. The molecule has 0 amide bonds. The summed E-state index contributed by atoms with van der Waals surface area (Å²) in [6, 6.07) is 6.32. The number of likely N-dealkylation sites (N-methyl/N-ethyl adjacent to an activating group) is 1. The summed E-state index contributed by atoms with van der Waals surface area (Å²) in [5.74, 6) is 1.92. The van der Waals surface area contributed by atoms with Crippen molar-refractivity contribution in [1.82, 2.24) is 10.2 Å². The van der Waals surface area contributed by atoms with Gasteiger partial charge in [-0.25, -0.2) is 0 Å². The molecule has 2 N–H and O–H groups in total. The summed E-state index contributed by atoms with van der Waals surface area (Å²) < 4.78 is 11.5. The van der Waals surface area contributed by atoms with Gasteiger partial charge in [0.1, 0.15) is 11.0 Å². The second-order valence-corrected chi connectivity index (χ2v) is 7.80. The van der Waals surface area contributed by atoms with E-state index in [9.17, 15) is 10.4 Å². The highest BCUT2D eigenvalue weighted by Crippen LogP contribution is 2.37. The van der Waals surface area contributed by atoms with Crippen molar-refractivity contribution in [2.45, 2.75) is 40.2 Å². The minimum Gasteiger partial charge on any atom is -0.490 e. The van der Waals surface area contributed by atoms with Gasteiger partial charge in [-0.1, -0.05) is 13.8 Å². The van der Waals surface area contributed by atoms with E-state index in [4.69, 9.17) is 9.47 Å². The Morgan fingerprint density at radius 2 is 1.86 bits per heavy atom. The summed E-state index contributed by atoms with van der Waals surface area (Å²) in [4.78, 5) is 2.78. The number of fused-ring (bicyclic) bond motifs is 1. The predicted molar refractivity (Wildman–Crippen MR) is 119 cm³/mol. The van der Waals surface area contributed by atoms with Crippen molar-refractivity contribution < 1.29 is 14.6 Å². The molecule has 0 fully saturated rings. The van der Waals surface area contributed by atoms with Crippen molar-refractivity contribution in [1.29, 1.82) is 5.26 Å². The smallest absolute Gasteiger partial charge is 0.161 e. The Morgan fingerprint density at radius 3 is 2.45 bits per heavy atom. The maximum atomic E-state index is 10.4. The van der Waals surface area contributed by atoms with Crippen LogP contribution in [-0.4, -0.2) is 61.3 Å². The van der Waals surface area contributed by atoms with Crippen LogP contribution in [0.5, 0.6) is 11.5 Å². The molecule has 0 aliphatic carbocycles. The number of rotatable bonds is 11. The van der Waals surface area contributed by atoms with Crippen LogP contribution in [-0.2, 0) is 6.42 Å². The van der Waals surface area contributed by atoms with E-state index in [1.807, 2.05) is 26.0 Å².